The fourth-order valence-corrected chi connectivity index (χ4v) is 5.70. The maximum absolute atomic E-state index is 12.5. The minimum atomic E-state index is -0.0373. The summed E-state index contributed by atoms with van der Waals surface area (Å²) in [6, 6.07) is 10.6. The molecule has 1 aromatic heterocycles. The Labute approximate surface area is 171 Å². The van der Waals surface area contributed by atoms with Gasteiger partial charge in [-0.2, -0.15) is 0 Å². The van der Waals surface area contributed by atoms with Gasteiger partial charge in [0.2, 0.25) is 5.91 Å². The fraction of sp³-hybridized carbons (Fsp3) is 0.565. The Kier molecular flexibility index (Phi) is 4.92. The highest BCUT2D eigenvalue weighted by Gasteiger charge is 2.49. The molecule has 1 aromatic carbocycles. The first kappa shape index (κ1) is 18.8. The van der Waals surface area contributed by atoms with Crippen molar-refractivity contribution in [3.05, 3.63) is 41.7 Å². The Bertz CT molecular complexity index is 864. The zero-order chi connectivity index (χ0) is 20.0. The molecule has 0 aliphatic carbocycles. The van der Waals surface area contributed by atoms with Crippen LogP contribution in [0.4, 0.5) is 0 Å². The molecule has 4 heterocycles. The summed E-state index contributed by atoms with van der Waals surface area (Å²) in [5.41, 5.74) is 3.17. The average molecular weight is 396 g/mol. The number of aliphatic hydroxyl groups excluding tert-OH is 1. The van der Waals surface area contributed by atoms with Gasteiger partial charge in [-0.3, -0.25) is 9.69 Å². The first-order chi connectivity index (χ1) is 14.1. The summed E-state index contributed by atoms with van der Waals surface area (Å²) >= 11 is 0. The highest BCUT2D eigenvalue weighted by molar-refractivity contribution is 5.78. The number of carbonyl (C=O) groups excluding carboxylic acids is 1. The van der Waals surface area contributed by atoms with Crippen molar-refractivity contribution in [2.24, 2.45) is 11.8 Å². The van der Waals surface area contributed by atoms with E-state index in [9.17, 15) is 9.90 Å². The molecule has 154 valence electrons. The lowest BCUT2D eigenvalue weighted by atomic mass is 9.72. The number of rotatable bonds is 4. The Morgan fingerprint density at radius 1 is 1.21 bits per heavy atom. The SMILES string of the molecule is Cc1ccc(-c2cc(CN3C[C@H]4C[C@@H](C3)[C@H](CO)N3C(=O)CCC[C@@H]43)on2)cc1. The second kappa shape index (κ2) is 7.58. The maximum Gasteiger partial charge on any atom is 0.223 e. The molecule has 29 heavy (non-hydrogen) atoms. The molecule has 3 aliphatic rings. The van der Waals surface area contributed by atoms with E-state index in [2.05, 4.69) is 41.2 Å². The Hall–Kier alpha value is -2.18. The van der Waals surface area contributed by atoms with Gasteiger partial charge in [-0.1, -0.05) is 35.0 Å². The van der Waals surface area contributed by atoms with Crippen LogP contribution in [0.2, 0.25) is 0 Å². The van der Waals surface area contributed by atoms with E-state index < -0.39 is 0 Å². The molecule has 0 spiro atoms. The van der Waals surface area contributed by atoms with Crippen LogP contribution in [-0.4, -0.2) is 57.8 Å². The standard InChI is InChI=1S/C23H29N3O3/c1-15-5-7-16(8-6-15)20-10-19(29-24-20)13-25-11-17-9-18(12-25)22(14-27)26-21(17)3-2-4-23(26)28/h5-8,10,17-18,21-22,27H,2-4,9,11-14H2,1H3/t17-,18+,21+,22+/m1/s1. The molecule has 2 aromatic rings. The molecule has 3 fully saturated rings. The first-order valence-corrected chi connectivity index (χ1v) is 10.8. The van der Waals surface area contributed by atoms with Gasteiger partial charge < -0.3 is 14.5 Å². The first-order valence-electron chi connectivity index (χ1n) is 10.8. The van der Waals surface area contributed by atoms with E-state index in [0.717, 1.165) is 55.9 Å². The average Bonchev–Trinajstić information content (AvgIpc) is 3.18. The molecule has 6 nitrogen and oxygen atoms in total. The number of aryl methyl sites for hydroxylation is 1. The van der Waals surface area contributed by atoms with E-state index in [1.54, 1.807) is 0 Å². The molecule has 2 bridgehead atoms. The second-order valence-electron chi connectivity index (χ2n) is 9.00. The highest BCUT2D eigenvalue weighted by Crippen LogP contribution is 2.41. The zero-order valence-electron chi connectivity index (χ0n) is 17.0. The van der Waals surface area contributed by atoms with Gasteiger partial charge in [0.05, 0.1) is 19.2 Å². The van der Waals surface area contributed by atoms with E-state index in [0.29, 0.717) is 18.3 Å². The van der Waals surface area contributed by atoms with Crippen molar-refractivity contribution in [2.45, 2.75) is 51.2 Å². The molecule has 6 heteroatoms. The number of aromatic nitrogens is 1. The number of aliphatic hydroxyl groups is 1. The lowest BCUT2D eigenvalue weighted by molar-refractivity contribution is -0.155. The van der Waals surface area contributed by atoms with Crippen molar-refractivity contribution >= 4 is 5.91 Å². The molecule has 0 saturated carbocycles. The summed E-state index contributed by atoms with van der Waals surface area (Å²) in [5, 5.41) is 14.3. The van der Waals surface area contributed by atoms with Crippen LogP contribution in [-0.2, 0) is 11.3 Å². The molecule has 3 aliphatic heterocycles. The molecule has 0 unspecified atom stereocenters. The second-order valence-corrected chi connectivity index (χ2v) is 9.00. The number of hydrogen-bond acceptors (Lipinski definition) is 5. The Morgan fingerprint density at radius 2 is 2.00 bits per heavy atom. The molecule has 3 saturated heterocycles. The summed E-state index contributed by atoms with van der Waals surface area (Å²) in [7, 11) is 0. The number of likely N-dealkylation sites (tertiary alicyclic amines) is 1. The monoisotopic (exact) mass is 395 g/mol. The van der Waals surface area contributed by atoms with Crippen LogP contribution in [0, 0.1) is 18.8 Å². The van der Waals surface area contributed by atoms with Gasteiger partial charge in [-0.15, -0.1) is 0 Å². The van der Waals surface area contributed by atoms with Gasteiger partial charge >= 0.3 is 0 Å². The van der Waals surface area contributed by atoms with E-state index in [-0.39, 0.29) is 24.6 Å². The lowest BCUT2D eigenvalue weighted by Gasteiger charge is -2.56. The lowest BCUT2D eigenvalue weighted by Crippen LogP contribution is -2.65. The number of carbonyl (C=O) groups is 1. The number of hydrogen-bond donors (Lipinski definition) is 1. The molecular formula is C23H29N3O3. The van der Waals surface area contributed by atoms with Crippen molar-refractivity contribution in [2.75, 3.05) is 19.7 Å². The van der Waals surface area contributed by atoms with E-state index >= 15 is 0 Å². The van der Waals surface area contributed by atoms with Crippen LogP contribution in [0.5, 0.6) is 0 Å². The van der Waals surface area contributed by atoms with Crippen molar-refractivity contribution in [1.29, 1.82) is 0 Å². The van der Waals surface area contributed by atoms with Crippen LogP contribution in [0.25, 0.3) is 11.3 Å². The fourth-order valence-electron chi connectivity index (χ4n) is 5.70. The van der Waals surface area contributed by atoms with Crippen LogP contribution in [0.3, 0.4) is 0 Å². The van der Waals surface area contributed by atoms with Gasteiger partial charge in [-0.05, 0) is 38.0 Å². The summed E-state index contributed by atoms with van der Waals surface area (Å²) in [6.45, 7) is 4.73. The molecule has 4 atom stereocenters. The van der Waals surface area contributed by atoms with Crippen LogP contribution in [0.1, 0.15) is 37.0 Å². The predicted molar refractivity (Wildman–Crippen MR) is 109 cm³/mol. The predicted octanol–water partition coefficient (Wildman–Crippen LogP) is 2.84. The van der Waals surface area contributed by atoms with Crippen LogP contribution >= 0.6 is 0 Å². The van der Waals surface area contributed by atoms with Crippen molar-refractivity contribution in [3.63, 3.8) is 0 Å². The molecular weight excluding hydrogens is 366 g/mol. The van der Waals surface area contributed by atoms with Crippen LogP contribution < -0.4 is 0 Å². The third-order valence-corrected chi connectivity index (χ3v) is 7.05. The van der Waals surface area contributed by atoms with Gasteiger partial charge in [-0.25, -0.2) is 0 Å². The zero-order valence-corrected chi connectivity index (χ0v) is 17.0. The third-order valence-electron chi connectivity index (χ3n) is 7.05. The number of piperidine rings is 3. The summed E-state index contributed by atoms with van der Waals surface area (Å²) in [4.78, 5) is 17.0. The number of benzene rings is 1. The van der Waals surface area contributed by atoms with Crippen molar-refractivity contribution in [1.82, 2.24) is 15.0 Å². The van der Waals surface area contributed by atoms with E-state index in [1.807, 2.05) is 11.0 Å². The minimum Gasteiger partial charge on any atom is -0.394 e. The number of amides is 1. The van der Waals surface area contributed by atoms with E-state index in [4.69, 9.17) is 4.52 Å². The van der Waals surface area contributed by atoms with Crippen LogP contribution in [0.15, 0.2) is 34.9 Å². The minimum absolute atomic E-state index is 0.0373. The Balaban J connectivity index is 1.31. The molecule has 1 amide bonds. The normalized spacial score (nSPS) is 29.7. The van der Waals surface area contributed by atoms with E-state index in [1.165, 1.54) is 5.56 Å². The Morgan fingerprint density at radius 3 is 2.79 bits per heavy atom. The molecule has 5 rings (SSSR count). The largest absolute Gasteiger partial charge is 0.394 e. The summed E-state index contributed by atoms with van der Waals surface area (Å²) in [6.07, 6.45) is 3.78. The topological polar surface area (TPSA) is 69.8 Å². The summed E-state index contributed by atoms with van der Waals surface area (Å²) in [5.74, 6) is 1.93. The quantitative estimate of drug-likeness (QED) is 0.862. The summed E-state index contributed by atoms with van der Waals surface area (Å²) < 4.78 is 5.65. The van der Waals surface area contributed by atoms with Gasteiger partial charge in [0.15, 0.2) is 5.76 Å². The maximum atomic E-state index is 12.5. The van der Waals surface area contributed by atoms with Gasteiger partial charge in [0.1, 0.15) is 5.69 Å². The smallest absolute Gasteiger partial charge is 0.223 e. The van der Waals surface area contributed by atoms with Crippen molar-refractivity contribution in [3.8, 4) is 11.3 Å². The number of nitrogens with zero attached hydrogens (tertiary/aromatic N) is 3. The highest BCUT2D eigenvalue weighted by atomic mass is 16.5. The number of fused-ring (bicyclic) bond motifs is 4. The van der Waals surface area contributed by atoms with Crippen molar-refractivity contribution < 1.29 is 14.4 Å². The third kappa shape index (κ3) is 3.49. The van der Waals surface area contributed by atoms with Gasteiger partial charge in [0, 0.05) is 37.2 Å². The molecule has 0 radical (unpaired) electrons. The molecule has 1 N–H and O–H groups in total. The van der Waals surface area contributed by atoms with Gasteiger partial charge in [0.25, 0.3) is 0 Å².